The normalized spacial score (nSPS) is 10.6. The minimum atomic E-state index is -1.01. The van der Waals surface area contributed by atoms with Crippen molar-refractivity contribution in [2.75, 3.05) is 0 Å². The fourth-order valence-corrected chi connectivity index (χ4v) is 2.42. The molecule has 0 saturated carbocycles. The molecule has 0 aliphatic rings. The summed E-state index contributed by atoms with van der Waals surface area (Å²) in [6.45, 7) is 0. The molecule has 0 amide bonds. The molecule has 0 fully saturated rings. The Morgan fingerprint density at radius 3 is 2.89 bits per heavy atom. The largest absolute Gasteiger partial charge is 0.481 e. The SMILES string of the molecule is O=C(O)Cc1cn(-c2c(Cl)cc(F)cc2Br)nn1. The average Bonchev–Trinajstić information content (AvgIpc) is 2.63. The second-order valence-electron chi connectivity index (χ2n) is 3.44. The van der Waals surface area contributed by atoms with E-state index in [2.05, 4.69) is 26.2 Å². The molecule has 0 spiro atoms. The van der Waals surface area contributed by atoms with Gasteiger partial charge in [0.2, 0.25) is 0 Å². The molecule has 18 heavy (non-hydrogen) atoms. The van der Waals surface area contributed by atoms with Gasteiger partial charge in [-0.1, -0.05) is 16.8 Å². The number of carboxylic acid groups (broad SMARTS) is 1. The fourth-order valence-electron chi connectivity index (χ4n) is 1.40. The van der Waals surface area contributed by atoms with Crippen LogP contribution in [0, 0.1) is 5.82 Å². The van der Waals surface area contributed by atoms with Crippen LogP contribution in [-0.2, 0) is 11.2 Å². The van der Waals surface area contributed by atoms with Gasteiger partial charge in [-0.3, -0.25) is 4.79 Å². The van der Waals surface area contributed by atoms with Crippen molar-refractivity contribution in [3.05, 3.63) is 39.3 Å². The summed E-state index contributed by atoms with van der Waals surface area (Å²) in [5, 5.41) is 16.2. The van der Waals surface area contributed by atoms with Gasteiger partial charge in [-0.25, -0.2) is 9.07 Å². The van der Waals surface area contributed by atoms with Gasteiger partial charge in [0.25, 0.3) is 0 Å². The van der Waals surface area contributed by atoms with Gasteiger partial charge in [-0.05, 0) is 28.1 Å². The average molecular weight is 335 g/mol. The maximum absolute atomic E-state index is 13.1. The van der Waals surface area contributed by atoms with Gasteiger partial charge in [0.1, 0.15) is 5.82 Å². The van der Waals surface area contributed by atoms with Gasteiger partial charge in [-0.2, -0.15) is 0 Å². The molecule has 1 N–H and O–H groups in total. The lowest BCUT2D eigenvalue weighted by Gasteiger charge is -2.06. The van der Waals surface area contributed by atoms with Crippen LogP contribution in [0.3, 0.4) is 0 Å². The van der Waals surface area contributed by atoms with Crippen LogP contribution in [0.4, 0.5) is 4.39 Å². The maximum Gasteiger partial charge on any atom is 0.309 e. The number of nitrogens with zero attached hydrogens (tertiary/aromatic N) is 3. The summed E-state index contributed by atoms with van der Waals surface area (Å²) in [7, 11) is 0. The summed E-state index contributed by atoms with van der Waals surface area (Å²) in [5.41, 5.74) is 0.692. The first kappa shape index (κ1) is 13.0. The highest BCUT2D eigenvalue weighted by Crippen LogP contribution is 2.29. The monoisotopic (exact) mass is 333 g/mol. The van der Waals surface area contributed by atoms with Crippen molar-refractivity contribution in [2.45, 2.75) is 6.42 Å². The van der Waals surface area contributed by atoms with Crippen LogP contribution in [0.5, 0.6) is 0 Å². The number of aliphatic carboxylic acids is 1. The molecular formula is C10H6BrClFN3O2. The molecule has 0 atom stereocenters. The summed E-state index contributed by atoms with van der Waals surface area (Å²) in [6.07, 6.45) is 1.19. The van der Waals surface area contributed by atoms with Gasteiger partial charge in [-0.15, -0.1) is 5.10 Å². The number of rotatable bonds is 3. The predicted octanol–water partition coefficient (Wildman–Crippen LogP) is 2.45. The third kappa shape index (κ3) is 2.68. The Hall–Kier alpha value is -1.47. The number of carbonyl (C=O) groups is 1. The molecule has 94 valence electrons. The molecule has 0 aliphatic carbocycles. The van der Waals surface area contributed by atoms with E-state index in [-0.39, 0.29) is 17.1 Å². The van der Waals surface area contributed by atoms with Crippen molar-refractivity contribution >= 4 is 33.5 Å². The van der Waals surface area contributed by atoms with Crippen LogP contribution in [0.25, 0.3) is 5.69 Å². The van der Waals surface area contributed by atoms with Crippen molar-refractivity contribution in [3.8, 4) is 5.69 Å². The van der Waals surface area contributed by atoms with Crippen LogP contribution in [-0.4, -0.2) is 26.1 Å². The number of halogens is 3. The molecule has 0 radical (unpaired) electrons. The van der Waals surface area contributed by atoms with E-state index in [9.17, 15) is 9.18 Å². The molecule has 1 aromatic heterocycles. The lowest BCUT2D eigenvalue weighted by molar-refractivity contribution is -0.136. The van der Waals surface area contributed by atoms with Crippen molar-refractivity contribution in [2.24, 2.45) is 0 Å². The maximum atomic E-state index is 13.1. The van der Waals surface area contributed by atoms with E-state index >= 15 is 0 Å². The first-order chi connectivity index (χ1) is 8.47. The quantitative estimate of drug-likeness (QED) is 0.936. The van der Waals surface area contributed by atoms with Gasteiger partial charge < -0.3 is 5.11 Å². The summed E-state index contributed by atoms with van der Waals surface area (Å²) >= 11 is 9.07. The topological polar surface area (TPSA) is 68.0 Å². The zero-order chi connectivity index (χ0) is 13.3. The number of benzene rings is 1. The highest BCUT2D eigenvalue weighted by Gasteiger charge is 2.13. The molecule has 2 aromatic rings. The molecule has 8 heteroatoms. The zero-order valence-electron chi connectivity index (χ0n) is 8.77. The Morgan fingerprint density at radius 2 is 2.28 bits per heavy atom. The Labute approximate surface area is 114 Å². The van der Waals surface area contributed by atoms with Crippen LogP contribution in [0.1, 0.15) is 5.69 Å². The van der Waals surface area contributed by atoms with Crippen LogP contribution >= 0.6 is 27.5 Å². The van der Waals surface area contributed by atoms with E-state index in [1.165, 1.54) is 16.9 Å². The van der Waals surface area contributed by atoms with Crippen LogP contribution in [0.15, 0.2) is 22.8 Å². The third-order valence-electron chi connectivity index (χ3n) is 2.08. The van der Waals surface area contributed by atoms with E-state index in [0.29, 0.717) is 10.2 Å². The Morgan fingerprint density at radius 1 is 1.56 bits per heavy atom. The van der Waals surface area contributed by atoms with Crippen LogP contribution in [0.2, 0.25) is 5.02 Å². The molecule has 0 bridgehead atoms. The Bertz CT molecular complexity index is 594. The van der Waals surface area contributed by atoms with Crippen molar-refractivity contribution in [1.29, 1.82) is 0 Å². The summed E-state index contributed by atoms with van der Waals surface area (Å²) < 4.78 is 14.8. The van der Waals surface area contributed by atoms with Crippen LogP contribution < -0.4 is 0 Å². The van der Waals surface area contributed by atoms with E-state index in [1.54, 1.807) is 0 Å². The number of hydrogen-bond donors (Lipinski definition) is 1. The smallest absolute Gasteiger partial charge is 0.309 e. The summed E-state index contributed by atoms with van der Waals surface area (Å²) in [5.74, 6) is -1.49. The fraction of sp³-hybridized carbons (Fsp3) is 0.100. The van der Waals surface area contributed by atoms with Gasteiger partial charge >= 0.3 is 5.97 Å². The standard InChI is InChI=1S/C10H6BrClFN3O2/c11-7-1-5(13)2-8(12)10(7)16-4-6(14-15-16)3-9(17)18/h1-2,4H,3H2,(H,17,18). The Kier molecular flexibility index (Phi) is 3.63. The molecule has 5 nitrogen and oxygen atoms in total. The van der Waals surface area contributed by atoms with Crippen molar-refractivity contribution in [3.63, 3.8) is 0 Å². The first-order valence-corrected chi connectivity index (χ1v) is 5.92. The highest BCUT2D eigenvalue weighted by molar-refractivity contribution is 9.10. The third-order valence-corrected chi connectivity index (χ3v) is 2.98. The summed E-state index contributed by atoms with van der Waals surface area (Å²) in [6, 6.07) is 2.37. The minimum absolute atomic E-state index is 0.147. The molecule has 1 heterocycles. The van der Waals surface area contributed by atoms with E-state index in [0.717, 1.165) is 6.07 Å². The van der Waals surface area contributed by atoms with E-state index in [4.69, 9.17) is 16.7 Å². The summed E-state index contributed by atoms with van der Waals surface area (Å²) in [4.78, 5) is 10.5. The molecule has 1 aromatic carbocycles. The first-order valence-electron chi connectivity index (χ1n) is 4.75. The lowest BCUT2D eigenvalue weighted by atomic mass is 10.3. The molecular weight excluding hydrogens is 328 g/mol. The number of aromatic nitrogens is 3. The van der Waals surface area contributed by atoms with E-state index < -0.39 is 11.8 Å². The number of carboxylic acids is 1. The van der Waals surface area contributed by atoms with Gasteiger partial charge in [0.15, 0.2) is 0 Å². The molecule has 0 aliphatic heterocycles. The highest BCUT2D eigenvalue weighted by atomic mass is 79.9. The van der Waals surface area contributed by atoms with Gasteiger partial charge in [0.05, 0.1) is 29.0 Å². The Balaban J connectivity index is 2.43. The second-order valence-corrected chi connectivity index (χ2v) is 4.70. The minimum Gasteiger partial charge on any atom is -0.481 e. The van der Waals surface area contributed by atoms with Gasteiger partial charge in [0, 0.05) is 4.47 Å². The lowest BCUT2D eigenvalue weighted by Crippen LogP contribution is -2.00. The van der Waals surface area contributed by atoms with Crippen molar-refractivity contribution < 1.29 is 14.3 Å². The molecule has 2 rings (SSSR count). The molecule has 0 saturated heterocycles. The number of hydrogen-bond acceptors (Lipinski definition) is 3. The van der Waals surface area contributed by atoms with E-state index in [1.807, 2.05) is 0 Å². The van der Waals surface area contributed by atoms with Crippen molar-refractivity contribution in [1.82, 2.24) is 15.0 Å². The molecule has 0 unspecified atom stereocenters. The zero-order valence-corrected chi connectivity index (χ0v) is 11.1. The second kappa shape index (κ2) is 5.03. The predicted molar refractivity (Wildman–Crippen MR) is 65.4 cm³/mol.